The molecule has 29 heavy (non-hydrogen) atoms. The Morgan fingerprint density at radius 2 is 1.93 bits per heavy atom. The van der Waals surface area contributed by atoms with Gasteiger partial charge in [0, 0.05) is 29.2 Å². The summed E-state index contributed by atoms with van der Waals surface area (Å²) in [5.74, 6) is 1.48. The predicted octanol–water partition coefficient (Wildman–Crippen LogP) is 2.13. The van der Waals surface area contributed by atoms with Crippen molar-refractivity contribution in [3.8, 4) is 22.9 Å². The molecule has 1 amide bonds. The molecule has 0 radical (unpaired) electrons. The van der Waals surface area contributed by atoms with E-state index in [9.17, 15) is 4.79 Å². The van der Waals surface area contributed by atoms with Crippen LogP contribution in [0, 0.1) is 0 Å². The quantitative estimate of drug-likeness (QED) is 0.683. The second kappa shape index (κ2) is 7.27. The number of fused-ring (bicyclic) bond motifs is 1. The van der Waals surface area contributed by atoms with Crippen LogP contribution in [-0.4, -0.2) is 39.9 Å². The van der Waals surface area contributed by atoms with Crippen LogP contribution in [0.25, 0.3) is 11.4 Å². The topological polar surface area (TPSA) is 117 Å². The second-order valence-electron chi connectivity index (χ2n) is 6.45. The van der Waals surface area contributed by atoms with E-state index in [1.807, 2.05) is 24.3 Å². The third-order valence-corrected chi connectivity index (χ3v) is 4.78. The molecule has 0 spiro atoms. The van der Waals surface area contributed by atoms with Crippen molar-refractivity contribution in [2.45, 2.75) is 13.0 Å². The minimum Gasteiger partial charge on any atom is -0.493 e. The van der Waals surface area contributed by atoms with E-state index in [0.717, 1.165) is 5.56 Å². The Morgan fingerprint density at radius 1 is 1.17 bits per heavy atom. The van der Waals surface area contributed by atoms with Gasteiger partial charge < -0.3 is 20.5 Å². The number of nitrogens with one attached hydrogen (secondary N) is 1. The summed E-state index contributed by atoms with van der Waals surface area (Å²) in [5, 5.41) is 7.78. The number of para-hydroxylation sites is 1. The smallest absolute Gasteiger partial charge is 0.248 e. The number of ether oxygens (including phenoxy) is 2. The molecule has 4 rings (SSSR count). The third-order valence-electron chi connectivity index (χ3n) is 4.78. The normalized spacial score (nSPS) is 15.5. The maximum absolute atomic E-state index is 12.4. The molecule has 3 heterocycles. The van der Waals surface area contributed by atoms with Crippen LogP contribution in [0.2, 0.25) is 0 Å². The number of carbonyl (C=O) groups is 1. The number of amides is 1. The van der Waals surface area contributed by atoms with Crippen LogP contribution in [0.5, 0.6) is 11.5 Å². The average molecular weight is 392 g/mol. The van der Waals surface area contributed by atoms with Gasteiger partial charge in [-0.05, 0) is 25.1 Å². The van der Waals surface area contributed by atoms with Crippen molar-refractivity contribution in [3.05, 3.63) is 59.6 Å². The molecule has 0 aliphatic carbocycles. The van der Waals surface area contributed by atoms with Crippen LogP contribution in [-0.2, 0) is 4.79 Å². The summed E-state index contributed by atoms with van der Waals surface area (Å²) < 4.78 is 12.7. The number of primary amides is 1. The van der Waals surface area contributed by atoms with E-state index < -0.39 is 11.9 Å². The standard InChI is InChI=1S/C20H20N6O3/c1-11-15(18(21)27)16(13-5-4-6-14(28-2)17(13)29-3)26-20(23-11)24-19(25-26)12-7-9-22-10-8-12/h4-10,16H,1-3H3,(H2,21,27)(H,23,24,25). The molecule has 0 saturated carbocycles. The van der Waals surface area contributed by atoms with Gasteiger partial charge in [0.25, 0.3) is 0 Å². The highest BCUT2D eigenvalue weighted by Crippen LogP contribution is 2.42. The van der Waals surface area contributed by atoms with Crippen molar-refractivity contribution in [3.63, 3.8) is 0 Å². The van der Waals surface area contributed by atoms with Gasteiger partial charge in [0.2, 0.25) is 11.9 Å². The number of nitrogens with zero attached hydrogens (tertiary/aromatic N) is 4. The lowest BCUT2D eigenvalue weighted by Gasteiger charge is -2.29. The molecule has 9 nitrogen and oxygen atoms in total. The monoisotopic (exact) mass is 392 g/mol. The number of hydrogen-bond donors (Lipinski definition) is 2. The Morgan fingerprint density at radius 3 is 2.59 bits per heavy atom. The highest BCUT2D eigenvalue weighted by molar-refractivity contribution is 5.95. The Balaban J connectivity index is 1.95. The maximum Gasteiger partial charge on any atom is 0.248 e. The van der Waals surface area contributed by atoms with Gasteiger partial charge in [-0.2, -0.15) is 4.98 Å². The summed E-state index contributed by atoms with van der Waals surface area (Å²) in [6, 6.07) is 8.47. The van der Waals surface area contributed by atoms with Gasteiger partial charge in [-0.15, -0.1) is 5.10 Å². The number of nitrogens with two attached hydrogens (primary N) is 1. The molecule has 0 fully saturated rings. The van der Waals surface area contributed by atoms with Gasteiger partial charge in [-0.1, -0.05) is 12.1 Å². The Bertz CT molecular complexity index is 1110. The molecule has 0 saturated heterocycles. The van der Waals surface area contributed by atoms with Crippen LogP contribution in [0.1, 0.15) is 18.5 Å². The van der Waals surface area contributed by atoms with Crippen LogP contribution in [0.3, 0.4) is 0 Å². The minimum absolute atomic E-state index is 0.371. The van der Waals surface area contributed by atoms with Crippen molar-refractivity contribution < 1.29 is 14.3 Å². The number of allylic oxidation sites excluding steroid dienone is 1. The van der Waals surface area contributed by atoms with E-state index in [2.05, 4.69) is 20.4 Å². The van der Waals surface area contributed by atoms with Crippen molar-refractivity contribution >= 4 is 11.9 Å². The SMILES string of the molecule is COc1cccc(C2C(C(N)=O)=C(C)Nc3nc(-c4ccncc4)nn32)c1OC. The molecule has 1 unspecified atom stereocenters. The first-order chi connectivity index (χ1) is 14.0. The van der Waals surface area contributed by atoms with E-state index in [0.29, 0.717) is 40.1 Å². The zero-order valence-electron chi connectivity index (χ0n) is 16.2. The number of pyridine rings is 1. The fourth-order valence-corrected chi connectivity index (χ4v) is 3.51. The molecule has 3 aromatic rings. The van der Waals surface area contributed by atoms with Crippen molar-refractivity contribution in [2.24, 2.45) is 5.73 Å². The molecule has 1 aromatic carbocycles. The molecule has 3 N–H and O–H groups in total. The summed E-state index contributed by atoms with van der Waals surface area (Å²) in [4.78, 5) is 21.0. The number of benzene rings is 1. The number of carbonyl (C=O) groups excluding carboxylic acids is 1. The first-order valence-electron chi connectivity index (χ1n) is 8.90. The molecule has 0 bridgehead atoms. The highest BCUT2D eigenvalue weighted by Gasteiger charge is 2.35. The van der Waals surface area contributed by atoms with E-state index in [1.54, 1.807) is 44.3 Å². The third kappa shape index (κ3) is 3.06. The second-order valence-corrected chi connectivity index (χ2v) is 6.45. The lowest BCUT2D eigenvalue weighted by Crippen LogP contribution is -2.32. The summed E-state index contributed by atoms with van der Waals surface area (Å²) in [6.45, 7) is 1.78. The number of rotatable bonds is 5. The van der Waals surface area contributed by atoms with Crippen LogP contribution in [0.15, 0.2) is 54.0 Å². The van der Waals surface area contributed by atoms with Crippen molar-refractivity contribution in [1.82, 2.24) is 19.7 Å². The zero-order chi connectivity index (χ0) is 20.5. The van der Waals surface area contributed by atoms with Crippen molar-refractivity contribution in [2.75, 3.05) is 19.5 Å². The summed E-state index contributed by atoms with van der Waals surface area (Å²) in [6.07, 6.45) is 3.34. The van der Waals surface area contributed by atoms with E-state index in [1.165, 1.54) is 0 Å². The molecule has 1 aliphatic heterocycles. The largest absolute Gasteiger partial charge is 0.493 e. The predicted molar refractivity (Wildman–Crippen MR) is 106 cm³/mol. The molecular formula is C20H20N6O3. The number of hydrogen-bond acceptors (Lipinski definition) is 7. The average Bonchev–Trinajstić information content (AvgIpc) is 3.16. The zero-order valence-corrected chi connectivity index (χ0v) is 16.2. The lowest BCUT2D eigenvalue weighted by atomic mass is 9.94. The van der Waals surface area contributed by atoms with Crippen molar-refractivity contribution in [1.29, 1.82) is 0 Å². The van der Waals surface area contributed by atoms with E-state index in [4.69, 9.17) is 15.2 Å². The van der Waals surface area contributed by atoms with E-state index in [-0.39, 0.29) is 0 Å². The number of methoxy groups -OCH3 is 2. The molecule has 148 valence electrons. The minimum atomic E-state index is -0.628. The summed E-state index contributed by atoms with van der Waals surface area (Å²) in [7, 11) is 3.11. The van der Waals surface area contributed by atoms with Gasteiger partial charge >= 0.3 is 0 Å². The maximum atomic E-state index is 12.4. The lowest BCUT2D eigenvalue weighted by molar-refractivity contribution is -0.115. The fourth-order valence-electron chi connectivity index (χ4n) is 3.51. The Labute approximate surface area is 167 Å². The Hall–Kier alpha value is -3.88. The Kier molecular flexibility index (Phi) is 4.63. The summed E-state index contributed by atoms with van der Waals surface area (Å²) in [5.41, 5.74) is 8.21. The molecule has 1 aliphatic rings. The van der Waals surface area contributed by atoms with Crippen LogP contribution in [0.4, 0.5) is 5.95 Å². The first-order valence-corrected chi connectivity index (χ1v) is 8.90. The van der Waals surface area contributed by atoms with Gasteiger partial charge in [0.15, 0.2) is 17.3 Å². The van der Waals surface area contributed by atoms with Gasteiger partial charge in [0.1, 0.15) is 6.04 Å². The van der Waals surface area contributed by atoms with E-state index >= 15 is 0 Å². The van der Waals surface area contributed by atoms with Gasteiger partial charge in [-0.3, -0.25) is 9.78 Å². The van der Waals surface area contributed by atoms with Crippen LogP contribution >= 0.6 is 0 Å². The highest BCUT2D eigenvalue weighted by atomic mass is 16.5. The number of anilines is 1. The molecule has 1 atom stereocenters. The van der Waals surface area contributed by atoms with Crippen LogP contribution < -0.4 is 20.5 Å². The molecular weight excluding hydrogens is 372 g/mol. The fraction of sp³-hybridized carbons (Fsp3) is 0.200. The molecule has 2 aromatic heterocycles. The van der Waals surface area contributed by atoms with Gasteiger partial charge in [-0.25, -0.2) is 4.68 Å². The first kappa shape index (κ1) is 18.5. The number of aromatic nitrogens is 4. The molecule has 9 heteroatoms. The summed E-state index contributed by atoms with van der Waals surface area (Å²) >= 11 is 0. The van der Waals surface area contributed by atoms with Gasteiger partial charge in [0.05, 0.1) is 19.8 Å².